The molecular formula is C13H19NO3S2. The van der Waals surface area contributed by atoms with Crippen LogP contribution in [0, 0.1) is 5.92 Å². The summed E-state index contributed by atoms with van der Waals surface area (Å²) >= 11 is 1.93. The van der Waals surface area contributed by atoms with E-state index in [1.807, 2.05) is 11.8 Å². The van der Waals surface area contributed by atoms with E-state index < -0.39 is 10.0 Å². The Morgan fingerprint density at radius 2 is 1.84 bits per heavy atom. The number of aliphatic hydroxyl groups is 1. The Balaban J connectivity index is 1.96. The normalized spacial score (nSPS) is 17.5. The Morgan fingerprint density at radius 3 is 2.42 bits per heavy atom. The third-order valence-electron chi connectivity index (χ3n) is 3.32. The average Bonchev–Trinajstić information content (AvgIpc) is 2.46. The molecule has 0 aliphatic carbocycles. The highest BCUT2D eigenvalue weighted by atomic mass is 32.2. The van der Waals surface area contributed by atoms with E-state index in [1.54, 1.807) is 12.1 Å². The number of benzene rings is 1. The molecule has 0 bridgehead atoms. The van der Waals surface area contributed by atoms with Crippen molar-refractivity contribution in [3.63, 3.8) is 0 Å². The Kier molecular flexibility index (Phi) is 5.27. The highest BCUT2D eigenvalue weighted by molar-refractivity contribution is 7.99. The molecule has 4 nitrogen and oxygen atoms in total. The first-order valence-corrected chi connectivity index (χ1v) is 9.03. The van der Waals surface area contributed by atoms with Crippen molar-refractivity contribution >= 4 is 21.8 Å². The number of nitrogens with one attached hydrogen (secondary N) is 1. The van der Waals surface area contributed by atoms with E-state index >= 15 is 0 Å². The maximum absolute atomic E-state index is 12.1. The predicted molar refractivity (Wildman–Crippen MR) is 77.6 cm³/mol. The fourth-order valence-electron chi connectivity index (χ4n) is 2.04. The lowest BCUT2D eigenvalue weighted by Crippen LogP contribution is -2.31. The Morgan fingerprint density at radius 1 is 1.21 bits per heavy atom. The molecule has 106 valence electrons. The standard InChI is InChI=1S/C13H19NO3S2/c15-10-12-1-3-13(4-2-12)19(16,17)14-9-11-5-7-18-8-6-11/h1-4,11,14-15H,5-10H2. The van der Waals surface area contributed by atoms with E-state index in [4.69, 9.17) is 5.11 Å². The number of aliphatic hydroxyl groups excluding tert-OH is 1. The zero-order valence-corrected chi connectivity index (χ0v) is 12.3. The van der Waals surface area contributed by atoms with Crippen LogP contribution in [0.3, 0.4) is 0 Å². The van der Waals surface area contributed by atoms with Crippen molar-refractivity contribution in [2.75, 3.05) is 18.1 Å². The van der Waals surface area contributed by atoms with Crippen molar-refractivity contribution < 1.29 is 13.5 Å². The maximum Gasteiger partial charge on any atom is 0.240 e. The summed E-state index contributed by atoms with van der Waals surface area (Å²) < 4.78 is 26.9. The van der Waals surface area contributed by atoms with Crippen LogP contribution in [0.5, 0.6) is 0 Å². The molecule has 1 heterocycles. The Hall–Kier alpha value is -0.560. The van der Waals surface area contributed by atoms with Crippen LogP contribution in [-0.2, 0) is 16.6 Å². The van der Waals surface area contributed by atoms with Crippen molar-refractivity contribution in [1.82, 2.24) is 4.72 Å². The smallest absolute Gasteiger partial charge is 0.240 e. The molecule has 0 amide bonds. The molecule has 1 saturated heterocycles. The molecule has 2 rings (SSSR count). The van der Waals surface area contributed by atoms with Gasteiger partial charge in [-0.2, -0.15) is 11.8 Å². The molecule has 0 saturated carbocycles. The summed E-state index contributed by atoms with van der Waals surface area (Å²) in [5.41, 5.74) is 0.711. The minimum absolute atomic E-state index is 0.0759. The number of rotatable bonds is 5. The van der Waals surface area contributed by atoms with Gasteiger partial charge in [0, 0.05) is 6.54 Å². The fraction of sp³-hybridized carbons (Fsp3) is 0.538. The molecule has 19 heavy (non-hydrogen) atoms. The lowest BCUT2D eigenvalue weighted by Gasteiger charge is -2.21. The van der Waals surface area contributed by atoms with E-state index in [-0.39, 0.29) is 11.5 Å². The molecule has 0 aromatic heterocycles. The molecule has 1 aliphatic heterocycles. The lowest BCUT2D eigenvalue weighted by atomic mass is 10.0. The highest BCUT2D eigenvalue weighted by Gasteiger charge is 2.18. The molecular weight excluding hydrogens is 282 g/mol. The second kappa shape index (κ2) is 6.74. The number of hydrogen-bond donors (Lipinski definition) is 2. The monoisotopic (exact) mass is 301 g/mol. The quantitative estimate of drug-likeness (QED) is 0.867. The zero-order valence-electron chi connectivity index (χ0n) is 10.7. The zero-order chi connectivity index (χ0) is 13.7. The predicted octanol–water partition coefficient (Wildman–Crippen LogP) is 1.60. The molecule has 1 aliphatic rings. The van der Waals surface area contributed by atoms with Crippen molar-refractivity contribution in [2.45, 2.75) is 24.3 Å². The van der Waals surface area contributed by atoms with Gasteiger partial charge in [0.15, 0.2) is 0 Å². The summed E-state index contributed by atoms with van der Waals surface area (Å²) in [7, 11) is -3.42. The summed E-state index contributed by atoms with van der Waals surface area (Å²) in [6.07, 6.45) is 2.16. The van der Waals surface area contributed by atoms with E-state index in [0.29, 0.717) is 18.0 Å². The van der Waals surface area contributed by atoms with Gasteiger partial charge < -0.3 is 5.11 Å². The second-order valence-electron chi connectivity index (χ2n) is 4.71. The summed E-state index contributed by atoms with van der Waals surface area (Å²) in [4.78, 5) is 0.259. The third kappa shape index (κ3) is 4.21. The molecule has 1 fully saturated rings. The fourth-order valence-corrected chi connectivity index (χ4v) is 4.36. The van der Waals surface area contributed by atoms with Crippen LogP contribution in [0.1, 0.15) is 18.4 Å². The third-order valence-corrected chi connectivity index (χ3v) is 5.81. The second-order valence-corrected chi connectivity index (χ2v) is 7.70. The molecule has 0 spiro atoms. The van der Waals surface area contributed by atoms with Crippen molar-refractivity contribution in [3.05, 3.63) is 29.8 Å². The Bertz CT molecular complexity index is 493. The minimum atomic E-state index is -3.42. The van der Waals surface area contributed by atoms with Crippen LogP contribution < -0.4 is 4.72 Å². The van der Waals surface area contributed by atoms with Gasteiger partial charge in [-0.15, -0.1) is 0 Å². The largest absolute Gasteiger partial charge is 0.392 e. The van der Waals surface area contributed by atoms with Crippen LogP contribution in [-0.4, -0.2) is 31.6 Å². The van der Waals surface area contributed by atoms with Gasteiger partial charge in [-0.1, -0.05) is 12.1 Å². The molecule has 2 N–H and O–H groups in total. The molecule has 1 aromatic carbocycles. The van der Waals surface area contributed by atoms with Crippen LogP contribution >= 0.6 is 11.8 Å². The van der Waals surface area contributed by atoms with Crippen LogP contribution in [0.25, 0.3) is 0 Å². The average molecular weight is 301 g/mol. The van der Waals surface area contributed by atoms with Crippen molar-refractivity contribution in [3.8, 4) is 0 Å². The van der Waals surface area contributed by atoms with Crippen molar-refractivity contribution in [1.29, 1.82) is 0 Å². The van der Waals surface area contributed by atoms with E-state index in [0.717, 1.165) is 24.3 Å². The lowest BCUT2D eigenvalue weighted by molar-refractivity contribution is 0.282. The van der Waals surface area contributed by atoms with Gasteiger partial charge in [-0.05, 0) is 48.0 Å². The van der Waals surface area contributed by atoms with Crippen molar-refractivity contribution in [2.24, 2.45) is 5.92 Å². The summed E-state index contributed by atoms with van der Waals surface area (Å²) in [5.74, 6) is 2.70. The molecule has 0 unspecified atom stereocenters. The first-order chi connectivity index (χ1) is 9.12. The van der Waals surface area contributed by atoms with E-state index in [1.165, 1.54) is 12.1 Å². The molecule has 0 radical (unpaired) electrons. The van der Waals surface area contributed by atoms with Crippen LogP contribution in [0.4, 0.5) is 0 Å². The number of thioether (sulfide) groups is 1. The molecule has 6 heteroatoms. The van der Waals surface area contributed by atoms with Gasteiger partial charge in [0.25, 0.3) is 0 Å². The van der Waals surface area contributed by atoms with Crippen LogP contribution in [0.2, 0.25) is 0 Å². The minimum Gasteiger partial charge on any atom is -0.392 e. The SMILES string of the molecule is O=S(=O)(NCC1CCSCC1)c1ccc(CO)cc1. The molecule has 0 atom stereocenters. The number of hydrogen-bond acceptors (Lipinski definition) is 4. The van der Waals surface area contributed by atoms with Gasteiger partial charge in [-0.3, -0.25) is 0 Å². The number of sulfonamides is 1. The van der Waals surface area contributed by atoms with Crippen LogP contribution in [0.15, 0.2) is 29.2 Å². The summed E-state index contributed by atoms with van der Waals surface area (Å²) in [6.45, 7) is 0.443. The topological polar surface area (TPSA) is 66.4 Å². The van der Waals surface area contributed by atoms with E-state index in [9.17, 15) is 8.42 Å². The van der Waals surface area contributed by atoms with E-state index in [2.05, 4.69) is 4.72 Å². The van der Waals surface area contributed by atoms with Gasteiger partial charge in [-0.25, -0.2) is 13.1 Å². The first kappa shape index (κ1) is 14.8. The summed E-state index contributed by atoms with van der Waals surface area (Å²) in [5, 5.41) is 8.94. The van der Waals surface area contributed by atoms with Gasteiger partial charge >= 0.3 is 0 Å². The highest BCUT2D eigenvalue weighted by Crippen LogP contribution is 2.22. The maximum atomic E-state index is 12.1. The van der Waals surface area contributed by atoms with Gasteiger partial charge in [0.1, 0.15) is 0 Å². The Labute approximate surface area is 118 Å². The summed E-state index contributed by atoms with van der Waals surface area (Å²) in [6, 6.07) is 6.33. The van der Waals surface area contributed by atoms with Gasteiger partial charge in [0.2, 0.25) is 10.0 Å². The van der Waals surface area contributed by atoms with Gasteiger partial charge in [0.05, 0.1) is 11.5 Å². The first-order valence-electron chi connectivity index (χ1n) is 6.39. The molecule has 1 aromatic rings.